The molecule has 0 radical (unpaired) electrons. The van der Waals surface area contributed by atoms with Crippen molar-refractivity contribution in [1.82, 2.24) is 9.88 Å². The Labute approximate surface area is 135 Å². The lowest BCUT2D eigenvalue weighted by molar-refractivity contribution is -0.147. The zero-order chi connectivity index (χ0) is 15.7. The highest BCUT2D eigenvalue weighted by atomic mass is 32.2. The minimum Gasteiger partial charge on any atom is -0.477 e. The first kappa shape index (κ1) is 15.1. The SMILES string of the molecule is NC1C(=O)N2C(C(=O)O)=C(S/C=C\c3cccnc3)CS[C@H]12. The van der Waals surface area contributed by atoms with Crippen LogP contribution in [0.15, 0.2) is 40.5 Å². The summed E-state index contributed by atoms with van der Waals surface area (Å²) >= 11 is 2.80. The first-order valence-corrected chi connectivity index (χ1v) is 8.42. The van der Waals surface area contributed by atoms with Crippen molar-refractivity contribution in [2.75, 3.05) is 5.75 Å². The Hall–Kier alpha value is -1.77. The first-order valence-electron chi connectivity index (χ1n) is 6.49. The van der Waals surface area contributed by atoms with Crippen LogP contribution in [0.2, 0.25) is 0 Å². The number of aliphatic carboxylic acids is 1. The van der Waals surface area contributed by atoms with Gasteiger partial charge in [-0.15, -0.1) is 11.8 Å². The Bertz CT molecular complexity index is 675. The summed E-state index contributed by atoms with van der Waals surface area (Å²) in [5, 5.41) is 10.9. The number of pyridine rings is 1. The monoisotopic (exact) mass is 335 g/mol. The van der Waals surface area contributed by atoms with E-state index < -0.39 is 12.0 Å². The van der Waals surface area contributed by atoms with E-state index in [1.54, 1.807) is 17.8 Å². The van der Waals surface area contributed by atoms with Gasteiger partial charge in [-0.2, -0.15) is 0 Å². The van der Waals surface area contributed by atoms with Gasteiger partial charge in [0, 0.05) is 23.1 Å². The second kappa shape index (κ2) is 6.15. The fraction of sp³-hybridized carbons (Fsp3) is 0.214. The molecule has 1 aromatic rings. The number of carboxylic acids is 1. The molecule has 3 heterocycles. The lowest BCUT2D eigenvalue weighted by atomic mass is 10.1. The standard InChI is InChI=1S/C14H13N3O3S2/c15-10-12(18)17-11(14(19)20)9(7-22-13(10)17)21-5-3-8-2-1-4-16-6-8/h1-6,10,13H,7,15H2,(H,19,20)/b5-3-/t10?,13-/m1/s1. The van der Waals surface area contributed by atoms with E-state index >= 15 is 0 Å². The number of thioether (sulfide) groups is 2. The molecule has 8 heteroatoms. The first-order chi connectivity index (χ1) is 10.6. The van der Waals surface area contributed by atoms with Crippen molar-refractivity contribution in [3.05, 3.63) is 46.1 Å². The third kappa shape index (κ3) is 2.65. The van der Waals surface area contributed by atoms with E-state index in [4.69, 9.17) is 5.73 Å². The molecule has 3 rings (SSSR count). The number of carboxylic acid groups (broad SMARTS) is 1. The Kier molecular flexibility index (Phi) is 4.23. The lowest BCUT2D eigenvalue weighted by Gasteiger charge is -2.47. The summed E-state index contributed by atoms with van der Waals surface area (Å²) in [7, 11) is 0. The van der Waals surface area contributed by atoms with Gasteiger partial charge in [0.1, 0.15) is 17.1 Å². The summed E-state index contributed by atoms with van der Waals surface area (Å²) in [5.74, 6) is -0.891. The molecule has 1 fully saturated rings. The second-order valence-corrected chi connectivity index (χ2v) is 6.83. The number of nitrogens with zero attached hydrogens (tertiary/aromatic N) is 2. The van der Waals surface area contributed by atoms with Crippen LogP contribution in [0.5, 0.6) is 0 Å². The molecule has 114 valence electrons. The molecule has 0 aliphatic carbocycles. The third-order valence-electron chi connectivity index (χ3n) is 3.33. The molecule has 0 saturated carbocycles. The molecule has 0 aromatic carbocycles. The maximum atomic E-state index is 11.8. The molecule has 6 nitrogen and oxygen atoms in total. The maximum absolute atomic E-state index is 11.8. The highest BCUT2D eigenvalue weighted by Crippen LogP contribution is 2.42. The van der Waals surface area contributed by atoms with Crippen LogP contribution >= 0.6 is 23.5 Å². The molecule has 2 aliphatic rings. The van der Waals surface area contributed by atoms with Crippen LogP contribution in [-0.2, 0) is 9.59 Å². The summed E-state index contributed by atoms with van der Waals surface area (Å²) in [5.41, 5.74) is 6.68. The summed E-state index contributed by atoms with van der Waals surface area (Å²) in [6.07, 6.45) is 5.25. The van der Waals surface area contributed by atoms with E-state index in [-0.39, 0.29) is 17.0 Å². The van der Waals surface area contributed by atoms with Gasteiger partial charge in [-0.3, -0.25) is 14.7 Å². The summed E-state index contributed by atoms with van der Waals surface area (Å²) in [6.45, 7) is 0. The van der Waals surface area contributed by atoms with Crippen LogP contribution in [0.1, 0.15) is 5.56 Å². The predicted octanol–water partition coefficient (Wildman–Crippen LogP) is 1.32. The normalized spacial score (nSPS) is 24.4. The topological polar surface area (TPSA) is 96.5 Å². The Balaban J connectivity index is 1.80. The van der Waals surface area contributed by atoms with E-state index in [0.717, 1.165) is 5.56 Å². The number of carbonyl (C=O) groups excluding carboxylic acids is 1. The maximum Gasteiger partial charge on any atom is 0.353 e. The Morgan fingerprint density at radius 2 is 2.41 bits per heavy atom. The lowest BCUT2D eigenvalue weighted by Crippen LogP contribution is -2.68. The van der Waals surface area contributed by atoms with Crippen LogP contribution in [0.25, 0.3) is 6.08 Å². The fourth-order valence-electron chi connectivity index (χ4n) is 2.25. The van der Waals surface area contributed by atoms with E-state index in [0.29, 0.717) is 10.7 Å². The third-order valence-corrected chi connectivity index (χ3v) is 5.71. The van der Waals surface area contributed by atoms with Crippen LogP contribution in [0.3, 0.4) is 0 Å². The zero-order valence-corrected chi connectivity index (χ0v) is 13.0. The van der Waals surface area contributed by atoms with Crippen LogP contribution in [0.4, 0.5) is 0 Å². The quantitative estimate of drug-likeness (QED) is 0.801. The number of carbonyl (C=O) groups is 2. The minimum absolute atomic E-state index is 0.0521. The molecule has 1 unspecified atom stereocenters. The van der Waals surface area contributed by atoms with Gasteiger partial charge in [0.15, 0.2) is 0 Å². The fourth-order valence-corrected chi connectivity index (χ4v) is 4.55. The molecule has 3 N–H and O–H groups in total. The molecule has 2 atom stereocenters. The molecular formula is C14H13N3O3S2. The van der Waals surface area contributed by atoms with Crippen molar-refractivity contribution < 1.29 is 14.7 Å². The Morgan fingerprint density at radius 1 is 1.59 bits per heavy atom. The molecule has 0 spiro atoms. The minimum atomic E-state index is -1.09. The van der Waals surface area contributed by atoms with Gasteiger partial charge in [-0.1, -0.05) is 17.8 Å². The highest BCUT2D eigenvalue weighted by Gasteiger charge is 2.51. The average Bonchev–Trinajstić information content (AvgIpc) is 2.54. The number of amides is 1. The number of aromatic nitrogens is 1. The summed E-state index contributed by atoms with van der Waals surface area (Å²) in [6, 6.07) is 3.13. The zero-order valence-electron chi connectivity index (χ0n) is 11.4. The van der Waals surface area contributed by atoms with Crippen LogP contribution < -0.4 is 5.73 Å². The second-order valence-electron chi connectivity index (χ2n) is 4.72. The van der Waals surface area contributed by atoms with Crippen LogP contribution in [-0.4, -0.2) is 44.0 Å². The van der Waals surface area contributed by atoms with Gasteiger partial charge in [0.2, 0.25) is 5.91 Å². The number of rotatable bonds is 4. The number of hydrogen-bond acceptors (Lipinski definition) is 6. The van der Waals surface area contributed by atoms with Crippen molar-refractivity contribution >= 4 is 41.5 Å². The number of fused-ring (bicyclic) bond motifs is 1. The molecule has 2 aliphatic heterocycles. The average molecular weight is 335 g/mol. The molecule has 1 aromatic heterocycles. The summed E-state index contributed by atoms with van der Waals surface area (Å²) in [4.78, 5) is 29.2. The van der Waals surface area contributed by atoms with Gasteiger partial charge >= 0.3 is 5.97 Å². The van der Waals surface area contributed by atoms with Crippen molar-refractivity contribution in [3.8, 4) is 0 Å². The van der Waals surface area contributed by atoms with Crippen molar-refractivity contribution in [1.29, 1.82) is 0 Å². The number of β-lactam (4-membered cyclic amide) rings is 1. The predicted molar refractivity (Wildman–Crippen MR) is 86.6 cm³/mol. The van der Waals surface area contributed by atoms with E-state index in [9.17, 15) is 14.7 Å². The van der Waals surface area contributed by atoms with Gasteiger partial charge < -0.3 is 10.8 Å². The molecular weight excluding hydrogens is 322 g/mol. The van der Waals surface area contributed by atoms with Gasteiger partial charge in [0.05, 0.1) is 0 Å². The number of hydrogen-bond donors (Lipinski definition) is 2. The van der Waals surface area contributed by atoms with Gasteiger partial charge in [-0.25, -0.2) is 4.79 Å². The molecule has 22 heavy (non-hydrogen) atoms. The number of nitrogens with two attached hydrogens (primary N) is 1. The van der Waals surface area contributed by atoms with Gasteiger partial charge in [-0.05, 0) is 23.1 Å². The van der Waals surface area contributed by atoms with Crippen LogP contribution in [0, 0.1) is 0 Å². The van der Waals surface area contributed by atoms with Crippen molar-refractivity contribution in [2.24, 2.45) is 5.73 Å². The highest BCUT2D eigenvalue weighted by molar-refractivity contribution is 8.08. The van der Waals surface area contributed by atoms with E-state index in [2.05, 4.69) is 4.98 Å². The smallest absolute Gasteiger partial charge is 0.353 e. The summed E-state index contributed by atoms with van der Waals surface area (Å²) < 4.78 is 0. The Morgan fingerprint density at radius 3 is 3.09 bits per heavy atom. The van der Waals surface area contributed by atoms with Crippen molar-refractivity contribution in [3.63, 3.8) is 0 Å². The molecule has 0 bridgehead atoms. The van der Waals surface area contributed by atoms with Crippen molar-refractivity contribution in [2.45, 2.75) is 11.4 Å². The van der Waals surface area contributed by atoms with Gasteiger partial charge in [0.25, 0.3) is 0 Å². The van der Waals surface area contributed by atoms with E-state index in [1.165, 1.54) is 28.4 Å². The van der Waals surface area contributed by atoms with E-state index in [1.807, 2.05) is 18.2 Å². The molecule has 1 amide bonds. The largest absolute Gasteiger partial charge is 0.477 e. The molecule has 1 saturated heterocycles.